The molecule has 2 bridgehead atoms. The average molecular weight is 451 g/mol. The number of hydrogen-bond acceptors (Lipinski definition) is 5. The third kappa shape index (κ3) is 3.63. The minimum atomic E-state index is -3.65. The molecule has 5 rings (SSSR count). The van der Waals surface area contributed by atoms with Crippen molar-refractivity contribution >= 4 is 21.6 Å². The fourth-order valence-electron chi connectivity index (χ4n) is 4.71. The molecule has 4 heterocycles. The van der Waals surface area contributed by atoms with Gasteiger partial charge in [0.25, 0.3) is 11.5 Å². The highest BCUT2D eigenvalue weighted by molar-refractivity contribution is 7.89. The molecule has 1 N–H and O–H groups in total. The molecule has 1 amide bonds. The quantitative estimate of drug-likeness (QED) is 0.657. The Labute approximate surface area is 185 Å². The van der Waals surface area contributed by atoms with Gasteiger partial charge < -0.3 is 9.88 Å². The van der Waals surface area contributed by atoms with E-state index in [-0.39, 0.29) is 34.7 Å². The van der Waals surface area contributed by atoms with Crippen LogP contribution in [0.4, 0.5) is 5.69 Å². The van der Waals surface area contributed by atoms with Crippen LogP contribution >= 0.6 is 0 Å². The predicted octanol–water partition coefficient (Wildman–Crippen LogP) is 2.30. The monoisotopic (exact) mass is 450 g/mol. The van der Waals surface area contributed by atoms with Crippen LogP contribution < -0.4 is 10.9 Å². The number of hydrogen-bond donors (Lipinski definition) is 1. The largest absolute Gasteiger partial charge is 0.320 e. The molecule has 1 fully saturated rings. The summed E-state index contributed by atoms with van der Waals surface area (Å²) in [7, 11) is -3.65. The Bertz CT molecular complexity index is 1320. The van der Waals surface area contributed by atoms with Crippen LogP contribution in [0.5, 0.6) is 0 Å². The Morgan fingerprint density at radius 2 is 1.81 bits per heavy atom. The summed E-state index contributed by atoms with van der Waals surface area (Å²) >= 11 is 0. The van der Waals surface area contributed by atoms with Crippen LogP contribution in [0.2, 0.25) is 0 Å². The third-order valence-corrected chi connectivity index (χ3v) is 7.96. The summed E-state index contributed by atoms with van der Waals surface area (Å²) in [6.07, 6.45) is 3.83. The van der Waals surface area contributed by atoms with Gasteiger partial charge in [0.05, 0.1) is 16.1 Å². The molecule has 0 saturated carbocycles. The first-order chi connectivity index (χ1) is 15.4. The molecule has 164 valence electrons. The minimum absolute atomic E-state index is 0.0294. The van der Waals surface area contributed by atoms with Crippen LogP contribution in [0.25, 0.3) is 0 Å². The van der Waals surface area contributed by atoms with Gasteiger partial charge in [0, 0.05) is 49.7 Å². The van der Waals surface area contributed by atoms with Gasteiger partial charge in [-0.2, -0.15) is 4.31 Å². The number of amides is 1. The second-order valence-electron chi connectivity index (χ2n) is 8.21. The van der Waals surface area contributed by atoms with Crippen LogP contribution in [0.3, 0.4) is 0 Å². The van der Waals surface area contributed by atoms with E-state index in [4.69, 9.17) is 0 Å². The van der Waals surface area contributed by atoms with E-state index in [9.17, 15) is 18.0 Å². The summed E-state index contributed by atoms with van der Waals surface area (Å²) in [5.74, 6) is -0.493. The number of sulfonamides is 1. The van der Waals surface area contributed by atoms with Crippen molar-refractivity contribution in [3.63, 3.8) is 0 Å². The lowest BCUT2D eigenvalue weighted by molar-refractivity contribution is 0.102. The zero-order chi connectivity index (χ0) is 22.3. The first-order valence-electron chi connectivity index (χ1n) is 10.4. The molecular formula is C23H22N4O4S. The van der Waals surface area contributed by atoms with Crippen LogP contribution in [0.1, 0.15) is 28.4 Å². The topological polar surface area (TPSA) is 101 Å². The van der Waals surface area contributed by atoms with Gasteiger partial charge in [0.1, 0.15) is 0 Å². The number of nitrogens with one attached hydrogen (secondary N) is 1. The molecule has 8 nitrogen and oxygen atoms in total. The molecule has 2 unspecified atom stereocenters. The number of carbonyl (C=O) groups excluding carboxylic acids is 1. The van der Waals surface area contributed by atoms with Gasteiger partial charge >= 0.3 is 0 Å². The molecule has 0 spiro atoms. The molecule has 32 heavy (non-hydrogen) atoms. The number of rotatable bonds is 4. The smallest absolute Gasteiger partial charge is 0.257 e. The maximum Gasteiger partial charge on any atom is 0.257 e. The molecule has 0 aliphatic carbocycles. The van der Waals surface area contributed by atoms with Crippen molar-refractivity contribution in [2.75, 3.05) is 18.4 Å². The SMILES string of the molecule is O=C(Nc1ccc(=O)n2c1C1CC(CN(S(=O)(=O)c3ccccc3)C1)C2)c1cccnc1. The summed E-state index contributed by atoms with van der Waals surface area (Å²) in [5, 5.41) is 2.90. The molecule has 2 aromatic heterocycles. The minimum Gasteiger partial charge on any atom is -0.320 e. The number of carbonyl (C=O) groups is 1. The number of benzene rings is 1. The van der Waals surface area contributed by atoms with Crippen molar-refractivity contribution in [2.24, 2.45) is 5.92 Å². The van der Waals surface area contributed by atoms with Crippen LogP contribution in [-0.2, 0) is 16.6 Å². The first kappa shape index (κ1) is 20.6. The highest BCUT2D eigenvalue weighted by Crippen LogP contribution is 2.40. The van der Waals surface area contributed by atoms with Gasteiger partial charge in [-0.05, 0) is 42.7 Å². The van der Waals surface area contributed by atoms with E-state index in [1.165, 1.54) is 16.6 Å². The molecule has 2 atom stereocenters. The highest BCUT2D eigenvalue weighted by Gasteiger charge is 2.40. The standard InChI is InChI=1S/C23H22N4O4S/c28-21-9-8-20(25-23(29)17-5-4-10-24-12-17)22-18-11-16(14-27(21)22)13-26(15-18)32(30,31)19-6-2-1-3-7-19/h1-10,12,16,18H,11,13-15H2,(H,25,29). The Balaban J connectivity index is 1.49. The maximum atomic E-state index is 13.2. The number of nitrogens with zero attached hydrogens (tertiary/aromatic N) is 3. The molecule has 2 aliphatic heterocycles. The fraction of sp³-hybridized carbons (Fsp3) is 0.261. The number of piperidine rings is 1. The molecule has 3 aromatic rings. The van der Waals surface area contributed by atoms with Gasteiger partial charge in [-0.25, -0.2) is 8.42 Å². The zero-order valence-corrected chi connectivity index (χ0v) is 18.0. The van der Waals surface area contributed by atoms with Crippen molar-refractivity contribution < 1.29 is 13.2 Å². The highest BCUT2D eigenvalue weighted by atomic mass is 32.2. The molecular weight excluding hydrogens is 428 g/mol. The van der Waals surface area contributed by atoms with Gasteiger partial charge in [-0.1, -0.05) is 18.2 Å². The van der Waals surface area contributed by atoms with Crippen LogP contribution in [0.15, 0.2) is 76.7 Å². The Kier molecular flexibility index (Phi) is 5.15. The van der Waals surface area contributed by atoms with Crippen molar-refractivity contribution in [2.45, 2.75) is 23.8 Å². The van der Waals surface area contributed by atoms with Crippen molar-refractivity contribution in [3.8, 4) is 0 Å². The molecule has 1 saturated heterocycles. The van der Waals surface area contributed by atoms with E-state index in [2.05, 4.69) is 10.3 Å². The second kappa shape index (κ2) is 7.99. The number of fused-ring (bicyclic) bond motifs is 4. The van der Waals surface area contributed by atoms with Crippen molar-refractivity contribution in [1.29, 1.82) is 0 Å². The summed E-state index contributed by atoms with van der Waals surface area (Å²) in [6.45, 7) is 1.04. The van der Waals surface area contributed by atoms with Gasteiger partial charge in [-0.15, -0.1) is 0 Å². The normalized spacial score (nSPS) is 20.4. The van der Waals surface area contributed by atoms with Gasteiger partial charge in [0.15, 0.2) is 0 Å². The fourth-order valence-corrected chi connectivity index (χ4v) is 6.29. The Morgan fingerprint density at radius 1 is 1.00 bits per heavy atom. The average Bonchev–Trinajstić information content (AvgIpc) is 2.82. The van der Waals surface area contributed by atoms with Gasteiger partial charge in [-0.3, -0.25) is 14.6 Å². The molecule has 9 heteroatoms. The molecule has 1 aromatic carbocycles. The zero-order valence-electron chi connectivity index (χ0n) is 17.2. The predicted molar refractivity (Wildman–Crippen MR) is 119 cm³/mol. The number of aromatic nitrogens is 2. The second-order valence-corrected chi connectivity index (χ2v) is 10.1. The molecule has 0 radical (unpaired) electrons. The first-order valence-corrected chi connectivity index (χ1v) is 11.9. The van der Waals surface area contributed by atoms with E-state index in [0.29, 0.717) is 30.0 Å². The Morgan fingerprint density at radius 3 is 2.56 bits per heavy atom. The summed E-state index contributed by atoms with van der Waals surface area (Å²) in [4.78, 5) is 29.6. The van der Waals surface area contributed by atoms with E-state index < -0.39 is 10.0 Å². The maximum absolute atomic E-state index is 13.2. The van der Waals surface area contributed by atoms with Crippen LogP contribution in [-0.4, -0.2) is 41.3 Å². The summed E-state index contributed by atoms with van der Waals surface area (Å²) in [5.41, 5.74) is 1.47. The summed E-state index contributed by atoms with van der Waals surface area (Å²) < 4.78 is 29.6. The van der Waals surface area contributed by atoms with E-state index in [1.807, 2.05) is 0 Å². The lowest BCUT2D eigenvalue weighted by Crippen LogP contribution is -2.49. The Hall–Kier alpha value is -3.30. The van der Waals surface area contributed by atoms with E-state index in [1.54, 1.807) is 59.3 Å². The third-order valence-electron chi connectivity index (χ3n) is 6.11. The van der Waals surface area contributed by atoms with Crippen molar-refractivity contribution in [3.05, 3.63) is 88.6 Å². The summed E-state index contributed by atoms with van der Waals surface area (Å²) in [6, 6.07) is 14.8. The van der Waals surface area contributed by atoms with Crippen molar-refractivity contribution in [1.82, 2.24) is 13.9 Å². The van der Waals surface area contributed by atoms with E-state index >= 15 is 0 Å². The lowest BCUT2D eigenvalue weighted by atomic mass is 9.83. The molecule has 2 aliphatic rings. The number of anilines is 1. The van der Waals surface area contributed by atoms with E-state index in [0.717, 1.165) is 6.42 Å². The lowest BCUT2D eigenvalue weighted by Gasteiger charge is -2.42. The number of pyridine rings is 2. The van der Waals surface area contributed by atoms with Crippen LogP contribution in [0, 0.1) is 5.92 Å². The van der Waals surface area contributed by atoms with Gasteiger partial charge in [0.2, 0.25) is 10.0 Å².